The Balaban J connectivity index is 1.59. The standard InChI is InChI=1S/C17H27N3O/c1-14-6-10-20(11-7-14)9-3-8-19-17(21)13-15-4-2-5-16(18)12-15/h2,4-5,12,14H,3,6-11,13,18H2,1H3,(H,19,21). The Morgan fingerprint density at radius 2 is 2.14 bits per heavy atom. The zero-order valence-corrected chi connectivity index (χ0v) is 13.0. The Morgan fingerprint density at radius 3 is 2.86 bits per heavy atom. The number of benzene rings is 1. The number of carbonyl (C=O) groups excluding carboxylic acids is 1. The Hall–Kier alpha value is -1.55. The third-order valence-electron chi connectivity index (χ3n) is 4.17. The molecule has 116 valence electrons. The van der Waals surface area contributed by atoms with E-state index in [1.54, 1.807) is 0 Å². The van der Waals surface area contributed by atoms with Gasteiger partial charge in [0, 0.05) is 12.2 Å². The summed E-state index contributed by atoms with van der Waals surface area (Å²) in [5.74, 6) is 0.951. The molecular formula is C17H27N3O. The molecule has 1 aromatic carbocycles. The summed E-state index contributed by atoms with van der Waals surface area (Å²) in [4.78, 5) is 14.4. The molecule has 0 aromatic heterocycles. The van der Waals surface area contributed by atoms with Crippen molar-refractivity contribution >= 4 is 11.6 Å². The summed E-state index contributed by atoms with van der Waals surface area (Å²) in [5.41, 5.74) is 7.39. The predicted octanol–water partition coefficient (Wildman–Crippen LogP) is 2.05. The Kier molecular flexibility index (Phi) is 6.05. The normalized spacial score (nSPS) is 16.8. The lowest BCUT2D eigenvalue weighted by molar-refractivity contribution is -0.120. The number of nitrogens with zero attached hydrogens (tertiary/aromatic N) is 1. The molecule has 1 aliphatic heterocycles. The van der Waals surface area contributed by atoms with E-state index in [9.17, 15) is 4.79 Å². The number of likely N-dealkylation sites (tertiary alicyclic amines) is 1. The van der Waals surface area contributed by atoms with Gasteiger partial charge in [-0.15, -0.1) is 0 Å². The van der Waals surface area contributed by atoms with Crippen molar-refractivity contribution in [3.63, 3.8) is 0 Å². The van der Waals surface area contributed by atoms with Crippen LogP contribution in [-0.4, -0.2) is 37.0 Å². The first-order valence-electron chi connectivity index (χ1n) is 7.97. The molecule has 0 unspecified atom stereocenters. The van der Waals surface area contributed by atoms with Crippen LogP contribution in [0.3, 0.4) is 0 Å². The van der Waals surface area contributed by atoms with Crippen molar-refractivity contribution in [2.24, 2.45) is 5.92 Å². The molecule has 0 aliphatic carbocycles. The molecule has 1 aliphatic rings. The molecule has 2 rings (SSSR count). The molecular weight excluding hydrogens is 262 g/mol. The summed E-state index contributed by atoms with van der Waals surface area (Å²) in [5, 5.41) is 2.99. The number of hydrogen-bond donors (Lipinski definition) is 2. The van der Waals surface area contributed by atoms with Crippen LogP contribution in [0, 0.1) is 5.92 Å². The maximum Gasteiger partial charge on any atom is 0.224 e. The minimum atomic E-state index is 0.0767. The van der Waals surface area contributed by atoms with Crippen LogP contribution < -0.4 is 11.1 Å². The van der Waals surface area contributed by atoms with E-state index in [2.05, 4.69) is 17.1 Å². The van der Waals surface area contributed by atoms with Crippen LogP contribution in [0.15, 0.2) is 24.3 Å². The van der Waals surface area contributed by atoms with Crippen molar-refractivity contribution in [1.82, 2.24) is 10.2 Å². The molecule has 4 nitrogen and oxygen atoms in total. The Bertz CT molecular complexity index is 453. The smallest absolute Gasteiger partial charge is 0.224 e. The monoisotopic (exact) mass is 289 g/mol. The second-order valence-corrected chi connectivity index (χ2v) is 6.15. The molecule has 3 N–H and O–H groups in total. The molecule has 1 amide bonds. The molecule has 1 fully saturated rings. The lowest BCUT2D eigenvalue weighted by Crippen LogP contribution is -2.35. The third kappa shape index (κ3) is 5.76. The average Bonchev–Trinajstić information content (AvgIpc) is 2.45. The van der Waals surface area contributed by atoms with Gasteiger partial charge in [-0.25, -0.2) is 0 Å². The summed E-state index contributed by atoms with van der Waals surface area (Å²) in [6.07, 6.45) is 4.05. The largest absolute Gasteiger partial charge is 0.399 e. The minimum Gasteiger partial charge on any atom is -0.399 e. The first-order valence-corrected chi connectivity index (χ1v) is 7.97. The highest BCUT2D eigenvalue weighted by atomic mass is 16.1. The Morgan fingerprint density at radius 1 is 1.38 bits per heavy atom. The molecule has 1 saturated heterocycles. The molecule has 21 heavy (non-hydrogen) atoms. The lowest BCUT2D eigenvalue weighted by Gasteiger charge is -2.30. The average molecular weight is 289 g/mol. The number of anilines is 1. The van der Waals surface area contributed by atoms with E-state index in [1.807, 2.05) is 24.3 Å². The van der Waals surface area contributed by atoms with Crippen molar-refractivity contribution in [2.45, 2.75) is 32.6 Å². The first kappa shape index (κ1) is 15.8. The van der Waals surface area contributed by atoms with Gasteiger partial charge in [0.15, 0.2) is 0 Å². The lowest BCUT2D eigenvalue weighted by atomic mass is 9.99. The highest BCUT2D eigenvalue weighted by Crippen LogP contribution is 2.15. The first-order chi connectivity index (χ1) is 10.1. The SMILES string of the molecule is CC1CCN(CCCNC(=O)Cc2cccc(N)c2)CC1. The maximum absolute atomic E-state index is 11.9. The predicted molar refractivity (Wildman–Crippen MR) is 87.0 cm³/mol. The van der Waals surface area contributed by atoms with Crippen molar-refractivity contribution in [1.29, 1.82) is 0 Å². The van der Waals surface area contributed by atoms with Gasteiger partial charge >= 0.3 is 0 Å². The van der Waals surface area contributed by atoms with E-state index in [-0.39, 0.29) is 5.91 Å². The van der Waals surface area contributed by atoms with Crippen LogP contribution in [-0.2, 0) is 11.2 Å². The van der Waals surface area contributed by atoms with Gasteiger partial charge in [0.2, 0.25) is 5.91 Å². The van der Waals surface area contributed by atoms with Crippen LogP contribution in [0.2, 0.25) is 0 Å². The number of carbonyl (C=O) groups is 1. The summed E-state index contributed by atoms with van der Waals surface area (Å²) in [6, 6.07) is 7.51. The van der Waals surface area contributed by atoms with Crippen LogP contribution in [0.1, 0.15) is 31.7 Å². The van der Waals surface area contributed by atoms with E-state index in [1.165, 1.54) is 25.9 Å². The number of hydrogen-bond acceptors (Lipinski definition) is 3. The third-order valence-corrected chi connectivity index (χ3v) is 4.17. The number of amides is 1. The van der Waals surface area contributed by atoms with Gasteiger partial charge in [0.05, 0.1) is 6.42 Å². The minimum absolute atomic E-state index is 0.0767. The van der Waals surface area contributed by atoms with Crippen molar-refractivity contribution in [3.05, 3.63) is 29.8 Å². The molecule has 1 aromatic rings. The van der Waals surface area contributed by atoms with Crippen molar-refractivity contribution in [3.8, 4) is 0 Å². The topological polar surface area (TPSA) is 58.4 Å². The highest BCUT2D eigenvalue weighted by Gasteiger charge is 2.14. The summed E-state index contributed by atoms with van der Waals surface area (Å²) < 4.78 is 0. The van der Waals surface area contributed by atoms with Gasteiger partial charge < -0.3 is 16.0 Å². The quantitative estimate of drug-likeness (QED) is 0.622. The fourth-order valence-corrected chi connectivity index (χ4v) is 2.77. The number of nitrogens with one attached hydrogen (secondary N) is 1. The maximum atomic E-state index is 11.9. The number of rotatable bonds is 6. The highest BCUT2D eigenvalue weighted by molar-refractivity contribution is 5.78. The molecule has 0 bridgehead atoms. The fraction of sp³-hybridized carbons (Fsp3) is 0.588. The Labute approximate surface area is 127 Å². The second-order valence-electron chi connectivity index (χ2n) is 6.15. The molecule has 4 heteroatoms. The van der Waals surface area contributed by atoms with Gasteiger partial charge in [0.25, 0.3) is 0 Å². The number of nitrogens with two attached hydrogens (primary N) is 1. The van der Waals surface area contributed by atoms with Gasteiger partial charge in [0.1, 0.15) is 0 Å². The second kappa shape index (κ2) is 8.03. The zero-order chi connectivity index (χ0) is 15.1. The summed E-state index contributed by atoms with van der Waals surface area (Å²) in [7, 11) is 0. The van der Waals surface area contributed by atoms with Gasteiger partial charge in [-0.1, -0.05) is 19.1 Å². The van der Waals surface area contributed by atoms with Crippen LogP contribution >= 0.6 is 0 Å². The van der Waals surface area contributed by atoms with E-state index >= 15 is 0 Å². The van der Waals surface area contributed by atoms with Gasteiger partial charge in [-0.05, 0) is 62.5 Å². The number of nitrogen functional groups attached to an aromatic ring is 1. The molecule has 0 saturated carbocycles. The van der Waals surface area contributed by atoms with Crippen molar-refractivity contribution < 1.29 is 4.79 Å². The fourth-order valence-electron chi connectivity index (χ4n) is 2.77. The zero-order valence-electron chi connectivity index (χ0n) is 13.0. The molecule has 0 spiro atoms. The van der Waals surface area contributed by atoms with Crippen LogP contribution in [0.5, 0.6) is 0 Å². The van der Waals surface area contributed by atoms with E-state index in [0.29, 0.717) is 12.1 Å². The van der Waals surface area contributed by atoms with E-state index in [0.717, 1.165) is 31.0 Å². The molecule has 1 heterocycles. The van der Waals surface area contributed by atoms with E-state index < -0.39 is 0 Å². The molecule has 0 atom stereocenters. The van der Waals surface area contributed by atoms with Crippen LogP contribution in [0.4, 0.5) is 5.69 Å². The summed E-state index contributed by atoms with van der Waals surface area (Å²) in [6.45, 7) is 6.59. The molecule has 0 radical (unpaired) electrons. The van der Waals surface area contributed by atoms with Gasteiger partial charge in [-0.3, -0.25) is 4.79 Å². The van der Waals surface area contributed by atoms with Crippen LogP contribution in [0.25, 0.3) is 0 Å². The number of piperidine rings is 1. The van der Waals surface area contributed by atoms with Crippen molar-refractivity contribution in [2.75, 3.05) is 31.9 Å². The van der Waals surface area contributed by atoms with E-state index in [4.69, 9.17) is 5.73 Å². The van der Waals surface area contributed by atoms with Gasteiger partial charge in [-0.2, -0.15) is 0 Å². The summed E-state index contributed by atoms with van der Waals surface area (Å²) >= 11 is 0.